The van der Waals surface area contributed by atoms with E-state index >= 15 is 0 Å². The van der Waals surface area contributed by atoms with Crippen LogP contribution in [0.15, 0.2) is 18.2 Å². The predicted molar refractivity (Wildman–Crippen MR) is 87.7 cm³/mol. The van der Waals surface area contributed by atoms with E-state index in [1.807, 2.05) is 12.1 Å². The Morgan fingerprint density at radius 1 is 1.30 bits per heavy atom. The van der Waals surface area contributed by atoms with Gasteiger partial charge in [-0.05, 0) is 43.4 Å². The zero-order chi connectivity index (χ0) is 15.8. The van der Waals surface area contributed by atoms with Gasteiger partial charge < -0.3 is 19.7 Å². The summed E-state index contributed by atoms with van der Waals surface area (Å²) < 4.78 is 5.30. The Bertz CT molecular complexity index is 737. The lowest BCUT2D eigenvalue weighted by molar-refractivity contribution is 0.0534. The molecule has 1 atom stereocenters. The number of hydrogen-bond donors (Lipinski definition) is 2. The first kappa shape index (κ1) is 14.7. The molecule has 122 valence electrons. The molecule has 2 N–H and O–H groups in total. The van der Waals surface area contributed by atoms with Crippen LogP contribution in [-0.4, -0.2) is 53.3 Å². The quantitative estimate of drug-likeness (QED) is 0.844. The molecule has 0 spiro atoms. The first-order valence-corrected chi connectivity index (χ1v) is 8.41. The van der Waals surface area contributed by atoms with Gasteiger partial charge in [0.2, 0.25) is 0 Å². The molecule has 0 unspecified atom stereocenters. The van der Waals surface area contributed by atoms with E-state index in [1.165, 1.54) is 29.5 Å². The summed E-state index contributed by atoms with van der Waals surface area (Å²) in [6, 6.07) is 5.92. The molecule has 2 aliphatic rings. The van der Waals surface area contributed by atoms with Gasteiger partial charge in [0.25, 0.3) is 5.91 Å². The van der Waals surface area contributed by atoms with Crippen LogP contribution in [0, 0.1) is 0 Å². The number of β-amino-alcohol motifs (C(OH)–C–C–N with tert-alkyl or cyclic N) is 1. The second kappa shape index (κ2) is 5.98. The van der Waals surface area contributed by atoms with E-state index in [9.17, 15) is 9.90 Å². The van der Waals surface area contributed by atoms with Gasteiger partial charge in [0.1, 0.15) is 0 Å². The third kappa shape index (κ3) is 2.75. The van der Waals surface area contributed by atoms with Gasteiger partial charge in [0.05, 0.1) is 19.3 Å². The smallest absolute Gasteiger partial charge is 0.254 e. The first-order valence-electron chi connectivity index (χ1n) is 8.41. The molecular formula is C18H22N2O3. The van der Waals surface area contributed by atoms with Crippen molar-refractivity contribution in [1.82, 2.24) is 9.88 Å². The van der Waals surface area contributed by atoms with Crippen molar-refractivity contribution in [3.8, 4) is 0 Å². The van der Waals surface area contributed by atoms with Crippen molar-refractivity contribution in [2.45, 2.75) is 31.8 Å². The van der Waals surface area contributed by atoms with E-state index in [-0.39, 0.29) is 5.91 Å². The molecule has 1 aliphatic heterocycles. The van der Waals surface area contributed by atoms with Gasteiger partial charge in [-0.2, -0.15) is 0 Å². The van der Waals surface area contributed by atoms with Crippen LogP contribution in [0.25, 0.3) is 10.9 Å². The van der Waals surface area contributed by atoms with Gasteiger partial charge in [-0.15, -0.1) is 0 Å². The van der Waals surface area contributed by atoms with Crippen molar-refractivity contribution in [3.63, 3.8) is 0 Å². The highest BCUT2D eigenvalue weighted by molar-refractivity contribution is 5.98. The Hall–Kier alpha value is -1.85. The number of aliphatic hydroxyl groups excluding tert-OH is 1. The molecule has 23 heavy (non-hydrogen) atoms. The monoisotopic (exact) mass is 314 g/mol. The van der Waals surface area contributed by atoms with Crippen LogP contribution in [0.5, 0.6) is 0 Å². The maximum atomic E-state index is 12.7. The summed E-state index contributed by atoms with van der Waals surface area (Å²) in [5.41, 5.74) is 4.47. The number of aryl methyl sites for hydroxylation is 2. The molecular weight excluding hydrogens is 292 g/mol. The molecule has 1 aliphatic carbocycles. The number of amides is 1. The number of carbonyl (C=O) groups excluding carboxylic acids is 1. The predicted octanol–water partition coefficient (Wildman–Crippen LogP) is 1.88. The number of hydrogen-bond acceptors (Lipinski definition) is 3. The van der Waals surface area contributed by atoms with E-state index in [0.29, 0.717) is 31.9 Å². The van der Waals surface area contributed by atoms with E-state index < -0.39 is 6.10 Å². The van der Waals surface area contributed by atoms with Crippen molar-refractivity contribution in [2.24, 2.45) is 0 Å². The average Bonchev–Trinajstić information content (AvgIpc) is 2.80. The highest BCUT2D eigenvalue weighted by Crippen LogP contribution is 2.29. The zero-order valence-electron chi connectivity index (χ0n) is 13.2. The molecule has 1 amide bonds. The zero-order valence-corrected chi connectivity index (χ0v) is 13.2. The number of aromatic nitrogens is 1. The third-order valence-corrected chi connectivity index (χ3v) is 4.88. The Labute approximate surface area is 135 Å². The molecule has 1 aromatic heterocycles. The van der Waals surface area contributed by atoms with Gasteiger partial charge in [0, 0.05) is 35.2 Å². The molecule has 2 heterocycles. The number of fused-ring (bicyclic) bond motifs is 3. The second-order valence-electron chi connectivity index (χ2n) is 6.53. The van der Waals surface area contributed by atoms with Crippen molar-refractivity contribution in [2.75, 3.05) is 26.3 Å². The summed E-state index contributed by atoms with van der Waals surface area (Å²) in [5.74, 6) is -0.0379. The van der Waals surface area contributed by atoms with Crippen LogP contribution in [0.1, 0.15) is 34.5 Å². The van der Waals surface area contributed by atoms with E-state index in [4.69, 9.17) is 4.74 Å². The number of nitrogens with one attached hydrogen (secondary N) is 1. The van der Waals surface area contributed by atoms with E-state index in [0.717, 1.165) is 18.4 Å². The summed E-state index contributed by atoms with van der Waals surface area (Å²) in [7, 11) is 0. The molecule has 0 radical (unpaired) electrons. The summed E-state index contributed by atoms with van der Waals surface area (Å²) >= 11 is 0. The maximum absolute atomic E-state index is 12.7. The third-order valence-electron chi connectivity index (χ3n) is 4.88. The molecule has 2 aromatic rings. The fourth-order valence-electron chi connectivity index (χ4n) is 3.71. The number of rotatable bonds is 1. The van der Waals surface area contributed by atoms with Gasteiger partial charge >= 0.3 is 0 Å². The average molecular weight is 314 g/mol. The number of benzene rings is 1. The normalized spacial score (nSPS) is 22.0. The van der Waals surface area contributed by atoms with Crippen LogP contribution in [0.3, 0.4) is 0 Å². The van der Waals surface area contributed by atoms with Crippen LogP contribution in [0.2, 0.25) is 0 Å². The lowest BCUT2D eigenvalue weighted by atomic mass is 9.95. The van der Waals surface area contributed by atoms with Crippen LogP contribution < -0.4 is 0 Å². The Morgan fingerprint density at radius 2 is 2.17 bits per heavy atom. The number of aromatic amines is 1. The maximum Gasteiger partial charge on any atom is 0.254 e. The summed E-state index contributed by atoms with van der Waals surface area (Å²) in [6.45, 7) is 1.63. The molecule has 1 aromatic carbocycles. The highest BCUT2D eigenvalue weighted by Gasteiger charge is 2.23. The van der Waals surface area contributed by atoms with E-state index in [1.54, 1.807) is 4.90 Å². The summed E-state index contributed by atoms with van der Waals surface area (Å²) in [6.07, 6.45) is 4.09. The van der Waals surface area contributed by atoms with Crippen LogP contribution in [0.4, 0.5) is 0 Å². The summed E-state index contributed by atoms with van der Waals surface area (Å²) in [5, 5.41) is 11.1. The van der Waals surface area contributed by atoms with Crippen molar-refractivity contribution < 1.29 is 14.6 Å². The standard InChI is InChI=1S/C18H22N2O3/c21-13-10-20(7-8-23-11-13)18(22)12-5-6-15-14-3-1-2-4-16(14)19-17(15)9-12/h5-6,9,13,19,21H,1-4,7-8,10-11H2/t13-/m0/s1. The van der Waals surface area contributed by atoms with Gasteiger partial charge in [-0.25, -0.2) is 0 Å². The molecule has 1 saturated heterocycles. The minimum absolute atomic E-state index is 0.0379. The Balaban J connectivity index is 1.64. The molecule has 5 heteroatoms. The highest BCUT2D eigenvalue weighted by atomic mass is 16.5. The largest absolute Gasteiger partial charge is 0.389 e. The van der Waals surface area contributed by atoms with Gasteiger partial charge in [0.15, 0.2) is 0 Å². The number of aliphatic hydroxyl groups is 1. The lowest BCUT2D eigenvalue weighted by Crippen LogP contribution is -2.37. The minimum Gasteiger partial charge on any atom is -0.389 e. The number of nitrogens with zero attached hydrogens (tertiary/aromatic N) is 1. The fourth-order valence-corrected chi connectivity index (χ4v) is 3.71. The Kier molecular flexibility index (Phi) is 3.83. The summed E-state index contributed by atoms with van der Waals surface area (Å²) in [4.78, 5) is 17.9. The van der Waals surface area contributed by atoms with Crippen molar-refractivity contribution >= 4 is 16.8 Å². The lowest BCUT2D eigenvalue weighted by Gasteiger charge is -2.21. The topological polar surface area (TPSA) is 65.6 Å². The number of carbonyl (C=O) groups is 1. The van der Waals surface area contributed by atoms with Crippen LogP contribution in [-0.2, 0) is 17.6 Å². The molecule has 5 nitrogen and oxygen atoms in total. The van der Waals surface area contributed by atoms with Crippen molar-refractivity contribution in [3.05, 3.63) is 35.0 Å². The SMILES string of the molecule is O=C(c1ccc2c3c([nH]c2c1)CCCC3)N1CCOC[C@@H](O)C1. The number of ether oxygens (including phenoxy) is 1. The molecule has 1 fully saturated rings. The van der Waals surface area contributed by atoms with Crippen LogP contribution >= 0.6 is 0 Å². The van der Waals surface area contributed by atoms with Crippen molar-refractivity contribution in [1.29, 1.82) is 0 Å². The molecule has 0 saturated carbocycles. The van der Waals surface area contributed by atoms with Gasteiger partial charge in [-0.1, -0.05) is 6.07 Å². The molecule has 0 bridgehead atoms. The Morgan fingerprint density at radius 3 is 3.09 bits per heavy atom. The second-order valence-corrected chi connectivity index (χ2v) is 6.53. The minimum atomic E-state index is -0.608. The number of H-pyrrole nitrogens is 1. The first-order chi connectivity index (χ1) is 11.2. The molecule has 4 rings (SSSR count). The fraction of sp³-hybridized carbons (Fsp3) is 0.500. The van der Waals surface area contributed by atoms with E-state index in [2.05, 4.69) is 11.1 Å². The van der Waals surface area contributed by atoms with Gasteiger partial charge in [-0.3, -0.25) is 4.79 Å².